The van der Waals surface area contributed by atoms with E-state index in [4.69, 9.17) is 4.98 Å². The molecule has 4 rings (SSSR count). The van der Waals surface area contributed by atoms with E-state index in [0.29, 0.717) is 5.82 Å². The molecule has 0 saturated heterocycles. The summed E-state index contributed by atoms with van der Waals surface area (Å²) >= 11 is 3.37. The number of aromatic amines is 1. The van der Waals surface area contributed by atoms with E-state index in [1.807, 2.05) is 6.07 Å². The van der Waals surface area contributed by atoms with Crippen molar-refractivity contribution >= 4 is 32.9 Å². The largest absolute Gasteiger partial charge is 0.305 e. The summed E-state index contributed by atoms with van der Waals surface area (Å²) in [5.74, 6) is 0.708. The summed E-state index contributed by atoms with van der Waals surface area (Å²) in [4.78, 5) is 24.6. The lowest BCUT2D eigenvalue weighted by Gasteiger charge is -2.09. The van der Waals surface area contributed by atoms with Crippen molar-refractivity contribution in [3.63, 3.8) is 0 Å². The molecule has 1 N–H and O–H groups in total. The Morgan fingerprint density at radius 1 is 1.20 bits per heavy atom. The molecule has 5 heteroatoms. The van der Waals surface area contributed by atoms with E-state index in [-0.39, 0.29) is 5.56 Å². The quantitative estimate of drug-likeness (QED) is 0.741. The minimum Gasteiger partial charge on any atom is -0.305 e. The number of nitrogens with zero attached hydrogens (tertiary/aromatic N) is 1. The topological polar surface area (TPSA) is 45.8 Å². The van der Waals surface area contributed by atoms with Gasteiger partial charge in [0.1, 0.15) is 4.83 Å². The monoisotopic (exact) mass is 302 g/mol. The lowest BCUT2D eigenvalue weighted by molar-refractivity contribution is 0.700. The number of thiophene rings is 2. The van der Waals surface area contributed by atoms with Crippen LogP contribution < -0.4 is 5.56 Å². The van der Waals surface area contributed by atoms with Crippen LogP contribution in [0.25, 0.3) is 20.9 Å². The molecule has 3 aromatic rings. The lowest BCUT2D eigenvalue weighted by Crippen LogP contribution is -2.10. The minimum atomic E-state index is 0.0236. The number of rotatable bonds is 1. The fourth-order valence-corrected chi connectivity index (χ4v) is 4.92. The highest BCUT2D eigenvalue weighted by atomic mass is 32.1. The maximum atomic E-state index is 12.4. The zero-order valence-electron chi connectivity index (χ0n) is 11.2. The molecule has 0 radical (unpaired) electrons. The first-order chi connectivity index (χ1) is 9.72. The van der Waals surface area contributed by atoms with E-state index in [0.717, 1.165) is 27.9 Å². The molecule has 0 saturated carbocycles. The number of H-pyrrole nitrogens is 1. The number of aromatic nitrogens is 2. The first-order valence-electron chi connectivity index (χ1n) is 6.84. The number of aryl methyl sites for hydroxylation is 3. The summed E-state index contributed by atoms with van der Waals surface area (Å²) < 4.78 is 0. The van der Waals surface area contributed by atoms with Crippen LogP contribution >= 0.6 is 22.7 Å². The number of nitrogens with one attached hydrogen (secondary N) is 1. The highest BCUT2D eigenvalue weighted by Crippen LogP contribution is 2.34. The van der Waals surface area contributed by atoms with Gasteiger partial charge < -0.3 is 4.98 Å². The van der Waals surface area contributed by atoms with Crippen molar-refractivity contribution in [3.05, 3.63) is 37.8 Å². The molecule has 0 unspecified atom stereocenters. The van der Waals surface area contributed by atoms with Gasteiger partial charge in [0.15, 0.2) is 5.82 Å². The highest BCUT2D eigenvalue weighted by Gasteiger charge is 2.20. The Morgan fingerprint density at radius 3 is 2.85 bits per heavy atom. The Kier molecular flexibility index (Phi) is 2.79. The lowest BCUT2D eigenvalue weighted by atomic mass is 9.97. The summed E-state index contributed by atoms with van der Waals surface area (Å²) in [6.07, 6.45) is 4.54. The van der Waals surface area contributed by atoms with Gasteiger partial charge in [-0.15, -0.1) is 22.7 Å². The van der Waals surface area contributed by atoms with Gasteiger partial charge in [-0.3, -0.25) is 4.79 Å². The van der Waals surface area contributed by atoms with Crippen molar-refractivity contribution in [3.8, 4) is 10.7 Å². The van der Waals surface area contributed by atoms with Gasteiger partial charge in [-0.1, -0.05) is 0 Å². The third-order valence-electron chi connectivity index (χ3n) is 3.80. The standard InChI is InChI=1S/C15H14N2OS2/c1-8-6-7-11(19-8)13-16-14(18)12-9-4-2-3-5-10(9)20-15(12)17-13/h6-7H,2-5H2,1H3,(H,16,17,18). The van der Waals surface area contributed by atoms with Crippen molar-refractivity contribution < 1.29 is 0 Å². The van der Waals surface area contributed by atoms with Gasteiger partial charge in [-0.2, -0.15) is 0 Å². The Morgan fingerprint density at radius 2 is 2.05 bits per heavy atom. The van der Waals surface area contributed by atoms with Gasteiger partial charge in [0, 0.05) is 9.75 Å². The van der Waals surface area contributed by atoms with Gasteiger partial charge >= 0.3 is 0 Å². The molecule has 0 fully saturated rings. The van der Waals surface area contributed by atoms with Crippen LogP contribution in [0.15, 0.2) is 16.9 Å². The second-order valence-corrected chi connectivity index (χ2v) is 7.59. The van der Waals surface area contributed by atoms with Gasteiger partial charge in [-0.25, -0.2) is 4.98 Å². The molecule has 0 amide bonds. The van der Waals surface area contributed by atoms with Crippen LogP contribution in [0.1, 0.15) is 28.2 Å². The Hall–Kier alpha value is -1.46. The minimum absolute atomic E-state index is 0.0236. The van der Waals surface area contributed by atoms with Gasteiger partial charge in [0.2, 0.25) is 0 Å². The van der Waals surface area contributed by atoms with Crippen LogP contribution in [0.4, 0.5) is 0 Å². The van der Waals surface area contributed by atoms with E-state index in [1.54, 1.807) is 22.7 Å². The van der Waals surface area contributed by atoms with Gasteiger partial charge in [0.05, 0.1) is 10.3 Å². The average Bonchev–Trinajstić information content (AvgIpc) is 3.01. The number of hydrogen-bond donors (Lipinski definition) is 1. The Balaban J connectivity index is 1.97. The van der Waals surface area contributed by atoms with E-state index >= 15 is 0 Å². The molecule has 0 spiro atoms. The summed E-state index contributed by atoms with van der Waals surface area (Å²) in [5.41, 5.74) is 1.27. The number of fused-ring (bicyclic) bond motifs is 3. The van der Waals surface area contributed by atoms with Crippen molar-refractivity contribution in [1.29, 1.82) is 0 Å². The van der Waals surface area contributed by atoms with Gasteiger partial charge in [-0.05, 0) is 50.3 Å². The van der Waals surface area contributed by atoms with Gasteiger partial charge in [0.25, 0.3) is 5.56 Å². The molecule has 0 aromatic carbocycles. The van der Waals surface area contributed by atoms with Crippen LogP contribution in [0, 0.1) is 6.92 Å². The summed E-state index contributed by atoms with van der Waals surface area (Å²) in [5, 5.41) is 0.835. The maximum Gasteiger partial charge on any atom is 0.260 e. The maximum absolute atomic E-state index is 12.4. The number of hydrogen-bond acceptors (Lipinski definition) is 4. The second-order valence-electron chi connectivity index (χ2n) is 5.22. The predicted molar refractivity (Wildman–Crippen MR) is 84.9 cm³/mol. The zero-order valence-corrected chi connectivity index (χ0v) is 12.8. The summed E-state index contributed by atoms with van der Waals surface area (Å²) in [6, 6.07) is 4.08. The predicted octanol–water partition coefficient (Wildman–Crippen LogP) is 3.90. The zero-order chi connectivity index (χ0) is 13.7. The molecule has 1 aliphatic rings. The van der Waals surface area contributed by atoms with Crippen molar-refractivity contribution in [2.45, 2.75) is 32.6 Å². The van der Waals surface area contributed by atoms with E-state index < -0.39 is 0 Å². The molecule has 3 heterocycles. The molecule has 20 heavy (non-hydrogen) atoms. The van der Waals surface area contributed by atoms with Crippen LogP contribution in [0.5, 0.6) is 0 Å². The first kappa shape index (κ1) is 12.3. The summed E-state index contributed by atoms with van der Waals surface area (Å²) in [7, 11) is 0. The van der Waals surface area contributed by atoms with E-state index in [1.165, 1.54) is 28.2 Å². The SMILES string of the molecule is Cc1ccc(-c2nc3sc4c(c3c(=O)[nH]2)CCCC4)s1. The van der Waals surface area contributed by atoms with Crippen LogP contribution in [0.3, 0.4) is 0 Å². The molecule has 0 atom stereocenters. The van der Waals surface area contributed by atoms with Crippen LogP contribution in [-0.2, 0) is 12.8 Å². The molecular formula is C15H14N2OS2. The molecule has 0 aliphatic heterocycles. The third kappa shape index (κ3) is 1.84. The van der Waals surface area contributed by atoms with Crippen LogP contribution in [0.2, 0.25) is 0 Å². The first-order valence-corrected chi connectivity index (χ1v) is 8.47. The molecule has 3 nitrogen and oxygen atoms in total. The highest BCUT2D eigenvalue weighted by molar-refractivity contribution is 7.19. The van der Waals surface area contributed by atoms with E-state index in [2.05, 4.69) is 18.0 Å². The molecule has 102 valence electrons. The summed E-state index contributed by atoms with van der Waals surface area (Å²) in [6.45, 7) is 2.06. The Labute approximate surface area is 124 Å². The fraction of sp³-hybridized carbons (Fsp3) is 0.333. The smallest absolute Gasteiger partial charge is 0.260 e. The van der Waals surface area contributed by atoms with Crippen LogP contribution in [-0.4, -0.2) is 9.97 Å². The van der Waals surface area contributed by atoms with Crippen molar-refractivity contribution in [2.24, 2.45) is 0 Å². The van der Waals surface area contributed by atoms with E-state index in [9.17, 15) is 4.79 Å². The average molecular weight is 302 g/mol. The molecule has 3 aromatic heterocycles. The molecule has 0 bridgehead atoms. The Bertz CT molecular complexity index is 857. The molecular weight excluding hydrogens is 288 g/mol. The fourth-order valence-electron chi connectivity index (χ4n) is 2.84. The molecule has 1 aliphatic carbocycles. The van der Waals surface area contributed by atoms with Crippen molar-refractivity contribution in [2.75, 3.05) is 0 Å². The third-order valence-corrected chi connectivity index (χ3v) is 5.99. The normalized spacial score (nSPS) is 14.7. The second kappa shape index (κ2) is 4.53. The van der Waals surface area contributed by atoms with Crippen molar-refractivity contribution in [1.82, 2.24) is 9.97 Å².